The van der Waals surface area contributed by atoms with Crippen LogP contribution in [-0.4, -0.2) is 22.3 Å². The first-order chi connectivity index (χ1) is 15.4. The van der Waals surface area contributed by atoms with Crippen LogP contribution in [0.1, 0.15) is 5.56 Å². The molecule has 0 saturated heterocycles. The first kappa shape index (κ1) is 24.3. The standard InChI is InChI=1S/C21H16F4N2O4S2/c22-18-10-11-19(27-33(30,31)21(23,24)25)20(14-18)26-32(28,29)13-12-15-6-8-17(9-7-15)16-4-2-1-3-5-16/h1-14,26-27H/b13-12+. The summed E-state index contributed by atoms with van der Waals surface area (Å²) in [5.74, 6) is -0.997. The fourth-order valence-corrected chi connectivity index (χ4v) is 4.13. The van der Waals surface area contributed by atoms with Crippen LogP contribution in [0.25, 0.3) is 17.2 Å². The Hall–Kier alpha value is -3.38. The van der Waals surface area contributed by atoms with E-state index in [0.717, 1.165) is 16.5 Å². The molecule has 174 valence electrons. The molecule has 0 bridgehead atoms. The second kappa shape index (κ2) is 9.24. The third-order valence-electron chi connectivity index (χ3n) is 4.24. The van der Waals surface area contributed by atoms with Gasteiger partial charge in [-0.3, -0.25) is 9.44 Å². The van der Waals surface area contributed by atoms with Crippen LogP contribution in [0.2, 0.25) is 0 Å². The topological polar surface area (TPSA) is 92.3 Å². The molecule has 0 radical (unpaired) electrons. The summed E-state index contributed by atoms with van der Waals surface area (Å²) in [4.78, 5) is 0. The number of anilines is 2. The van der Waals surface area contributed by atoms with Gasteiger partial charge in [0.25, 0.3) is 10.0 Å². The third kappa shape index (κ3) is 6.33. The number of sulfonamides is 2. The number of benzene rings is 3. The predicted octanol–water partition coefficient (Wildman–Crippen LogP) is 5.17. The van der Waals surface area contributed by atoms with Gasteiger partial charge in [-0.2, -0.15) is 21.6 Å². The van der Waals surface area contributed by atoms with E-state index in [1.165, 1.54) is 10.8 Å². The van der Waals surface area contributed by atoms with Crippen LogP contribution in [0.3, 0.4) is 0 Å². The Morgan fingerprint density at radius 1 is 0.727 bits per heavy atom. The second-order valence-electron chi connectivity index (χ2n) is 6.68. The molecule has 0 aromatic heterocycles. The largest absolute Gasteiger partial charge is 0.516 e. The molecule has 0 unspecified atom stereocenters. The molecule has 0 aliphatic rings. The van der Waals surface area contributed by atoms with Crippen molar-refractivity contribution in [1.29, 1.82) is 0 Å². The molecule has 33 heavy (non-hydrogen) atoms. The summed E-state index contributed by atoms with van der Waals surface area (Å²) in [5, 5.41) is 0.720. The number of rotatable bonds is 7. The molecule has 0 saturated carbocycles. The van der Waals surface area contributed by atoms with Crippen molar-refractivity contribution in [3.05, 3.63) is 89.6 Å². The van der Waals surface area contributed by atoms with Crippen LogP contribution in [0.5, 0.6) is 0 Å². The van der Waals surface area contributed by atoms with E-state index in [2.05, 4.69) is 0 Å². The molecule has 0 amide bonds. The number of halogens is 4. The van der Waals surface area contributed by atoms with Crippen LogP contribution in [-0.2, 0) is 20.0 Å². The zero-order chi connectivity index (χ0) is 24.3. The van der Waals surface area contributed by atoms with E-state index in [4.69, 9.17) is 0 Å². The van der Waals surface area contributed by atoms with E-state index in [1.807, 2.05) is 35.1 Å². The van der Waals surface area contributed by atoms with Gasteiger partial charge >= 0.3 is 15.5 Å². The van der Waals surface area contributed by atoms with Crippen LogP contribution in [0, 0.1) is 5.82 Å². The lowest BCUT2D eigenvalue weighted by Gasteiger charge is -2.14. The minimum absolute atomic E-state index is 0.497. The molecule has 0 atom stereocenters. The molecule has 3 aromatic rings. The summed E-state index contributed by atoms with van der Waals surface area (Å²) in [7, 11) is -10.2. The molecule has 3 aromatic carbocycles. The molecular formula is C21H16F4N2O4S2. The first-order valence-electron chi connectivity index (χ1n) is 9.11. The summed E-state index contributed by atoms with van der Waals surface area (Å²) in [6.07, 6.45) is 1.22. The Bertz CT molecular complexity index is 1370. The normalized spacial score (nSPS) is 12.6. The van der Waals surface area contributed by atoms with E-state index < -0.39 is 42.7 Å². The Morgan fingerprint density at radius 3 is 1.94 bits per heavy atom. The fourth-order valence-electron chi connectivity index (χ4n) is 2.67. The maximum atomic E-state index is 13.6. The first-order valence-corrected chi connectivity index (χ1v) is 12.1. The molecule has 6 nitrogen and oxygen atoms in total. The lowest BCUT2D eigenvalue weighted by Crippen LogP contribution is -2.30. The van der Waals surface area contributed by atoms with E-state index in [0.29, 0.717) is 23.8 Å². The zero-order valence-electron chi connectivity index (χ0n) is 16.5. The highest BCUT2D eigenvalue weighted by atomic mass is 32.2. The monoisotopic (exact) mass is 500 g/mol. The highest BCUT2D eigenvalue weighted by molar-refractivity contribution is 7.95. The number of nitrogens with one attached hydrogen (secondary N) is 2. The van der Waals surface area contributed by atoms with Gasteiger partial charge in [-0.15, -0.1) is 0 Å². The van der Waals surface area contributed by atoms with Crippen molar-refractivity contribution in [2.45, 2.75) is 5.51 Å². The Morgan fingerprint density at radius 2 is 1.33 bits per heavy atom. The molecule has 3 rings (SSSR count). The molecular weight excluding hydrogens is 484 g/mol. The average Bonchev–Trinajstić information content (AvgIpc) is 2.74. The van der Waals surface area contributed by atoms with Crippen molar-refractivity contribution >= 4 is 37.5 Å². The SMILES string of the molecule is O=S(=O)(/C=C/c1ccc(-c2ccccc2)cc1)Nc1cc(F)ccc1NS(=O)(=O)C(F)(F)F. The van der Waals surface area contributed by atoms with Gasteiger partial charge in [0, 0.05) is 6.07 Å². The van der Waals surface area contributed by atoms with Gasteiger partial charge < -0.3 is 0 Å². The number of alkyl halides is 3. The molecule has 0 heterocycles. The summed E-state index contributed by atoms with van der Waals surface area (Å²) in [6, 6.07) is 18.2. The van der Waals surface area contributed by atoms with Crippen LogP contribution in [0.4, 0.5) is 28.9 Å². The van der Waals surface area contributed by atoms with Crippen molar-refractivity contribution in [2.24, 2.45) is 0 Å². The minimum atomic E-state index is -5.85. The summed E-state index contributed by atoms with van der Waals surface area (Å²) >= 11 is 0. The van der Waals surface area contributed by atoms with E-state index in [-0.39, 0.29) is 0 Å². The third-order valence-corrected chi connectivity index (χ3v) is 6.34. The van der Waals surface area contributed by atoms with E-state index >= 15 is 0 Å². The van der Waals surface area contributed by atoms with Crippen LogP contribution in [0.15, 0.2) is 78.2 Å². The maximum absolute atomic E-state index is 13.6. The summed E-state index contributed by atoms with van der Waals surface area (Å²) in [6.45, 7) is 0. The minimum Gasteiger partial charge on any atom is -0.278 e. The Kier molecular flexibility index (Phi) is 6.79. The van der Waals surface area contributed by atoms with Crippen molar-refractivity contribution in [1.82, 2.24) is 0 Å². The van der Waals surface area contributed by atoms with Crippen LogP contribution < -0.4 is 9.44 Å². The molecule has 0 spiro atoms. The zero-order valence-corrected chi connectivity index (χ0v) is 18.2. The molecule has 0 aliphatic carbocycles. The van der Waals surface area contributed by atoms with Crippen LogP contribution >= 0.6 is 0 Å². The highest BCUT2D eigenvalue weighted by Crippen LogP contribution is 2.30. The Labute approximate surface area is 187 Å². The molecule has 0 aliphatic heterocycles. The number of hydrogen-bond donors (Lipinski definition) is 2. The van der Waals surface area contributed by atoms with E-state index in [1.54, 1.807) is 24.3 Å². The molecule has 12 heteroatoms. The summed E-state index contributed by atoms with van der Waals surface area (Å²) < 4.78 is 102. The fraction of sp³-hybridized carbons (Fsp3) is 0.0476. The second-order valence-corrected chi connectivity index (χ2v) is 9.92. The van der Waals surface area contributed by atoms with Crippen molar-refractivity contribution in [3.8, 4) is 11.1 Å². The van der Waals surface area contributed by atoms with Crippen molar-refractivity contribution in [2.75, 3.05) is 9.44 Å². The van der Waals surface area contributed by atoms with Gasteiger partial charge in [0.2, 0.25) is 0 Å². The van der Waals surface area contributed by atoms with Gasteiger partial charge in [-0.1, -0.05) is 54.6 Å². The predicted molar refractivity (Wildman–Crippen MR) is 118 cm³/mol. The lowest BCUT2D eigenvalue weighted by molar-refractivity contribution is -0.0429. The maximum Gasteiger partial charge on any atom is 0.516 e. The summed E-state index contributed by atoms with van der Waals surface area (Å²) in [5.41, 5.74) is -4.80. The van der Waals surface area contributed by atoms with Crippen molar-refractivity contribution < 1.29 is 34.4 Å². The Balaban J connectivity index is 1.81. The smallest absolute Gasteiger partial charge is 0.278 e. The van der Waals surface area contributed by atoms with Gasteiger partial charge in [0.1, 0.15) is 5.82 Å². The number of hydrogen-bond acceptors (Lipinski definition) is 4. The molecule has 2 N–H and O–H groups in total. The van der Waals surface area contributed by atoms with E-state index in [9.17, 15) is 34.4 Å². The van der Waals surface area contributed by atoms with Gasteiger partial charge in [0.05, 0.1) is 16.8 Å². The van der Waals surface area contributed by atoms with Gasteiger partial charge in [0.15, 0.2) is 0 Å². The van der Waals surface area contributed by atoms with Gasteiger partial charge in [-0.25, -0.2) is 12.8 Å². The quantitative estimate of drug-likeness (QED) is 0.438. The van der Waals surface area contributed by atoms with Crippen molar-refractivity contribution in [3.63, 3.8) is 0 Å². The molecule has 0 fully saturated rings. The highest BCUT2D eigenvalue weighted by Gasteiger charge is 2.46. The lowest BCUT2D eigenvalue weighted by atomic mass is 10.0. The van der Waals surface area contributed by atoms with Gasteiger partial charge in [-0.05, 0) is 34.9 Å². The average molecular weight is 500 g/mol.